The summed E-state index contributed by atoms with van der Waals surface area (Å²) in [6.07, 6.45) is 0. The fourth-order valence-electron chi connectivity index (χ4n) is 2.00. The highest BCUT2D eigenvalue weighted by Gasteiger charge is 2.05. The summed E-state index contributed by atoms with van der Waals surface area (Å²) >= 11 is 0. The van der Waals surface area contributed by atoms with Crippen molar-refractivity contribution in [3.63, 3.8) is 0 Å². The molecule has 112 valence electrons. The molecule has 2 aromatic carbocycles. The van der Waals surface area contributed by atoms with E-state index in [9.17, 15) is 0 Å². The van der Waals surface area contributed by atoms with Gasteiger partial charge in [-0.25, -0.2) is 0 Å². The largest absolute Gasteiger partial charge is 0.493 e. The number of hydrogen-bond donors (Lipinski definition) is 1. The fourth-order valence-corrected chi connectivity index (χ4v) is 2.00. The molecule has 2 aromatic rings. The summed E-state index contributed by atoms with van der Waals surface area (Å²) in [5.74, 6) is 2.12. The Hall–Kier alpha value is -2.36. The molecule has 0 saturated heterocycles. The van der Waals surface area contributed by atoms with E-state index in [1.54, 1.807) is 7.11 Å². The lowest BCUT2D eigenvalue weighted by Crippen LogP contribution is -2.10. The fraction of sp³-hybridized carbons (Fsp3) is 0.294. The van der Waals surface area contributed by atoms with Gasteiger partial charge in [0, 0.05) is 0 Å². The molecule has 0 heterocycles. The Morgan fingerprint density at radius 2 is 1.38 bits per heavy atom. The third-order valence-electron chi connectivity index (χ3n) is 3.08. The monoisotopic (exact) mass is 287 g/mol. The molecule has 0 aliphatic heterocycles. The highest BCUT2D eigenvalue weighted by molar-refractivity contribution is 5.54. The number of anilines is 1. The van der Waals surface area contributed by atoms with E-state index < -0.39 is 0 Å². The lowest BCUT2D eigenvalue weighted by atomic mass is 10.2. The van der Waals surface area contributed by atoms with Crippen molar-refractivity contribution < 1.29 is 14.2 Å². The van der Waals surface area contributed by atoms with Gasteiger partial charge in [-0.05, 0) is 49.2 Å². The summed E-state index contributed by atoms with van der Waals surface area (Å²) in [7, 11) is 1.63. The van der Waals surface area contributed by atoms with Crippen LogP contribution < -0.4 is 19.9 Å². The van der Waals surface area contributed by atoms with Crippen molar-refractivity contribution in [2.75, 3.05) is 26.1 Å². The predicted octanol–water partition coefficient (Wildman–Crippen LogP) is 3.35. The number of nitrogen functional groups attached to an aromatic ring is 1. The van der Waals surface area contributed by atoms with Gasteiger partial charge in [0.05, 0.1) is 12.8 Å². The minimum Gasteiger partial charge on any atom is -0.493 e. The average Bonchev–Trinajstić information content (AvgIpc) is 2.46. The van der Waals surface area contributed by atoms with Gasteiger partial charge in [0.25, 0.3) is 0 Å². The van der Waals surface area contributed by atoms with Crippen LogP contribution >= 0.6 is 0 Å². The predicted molar refractivity (Wildman–Crippen MR) is 84.3 cm³/mol. The number of hydrogen-bond acceptors (Lipinski definition) is 4. The van der Waals surface area contributed by atoms with Gasteiger partial charge in [-0.2, -0.15) is 0 Å². The van der Waals surface area contributed by atoms with Crippen molar-refractivity contribution in [2.24, 2.45) is 0 Å². The van der Waals surface area contributed by atoms with Gasteiger partial charge < -0.3 is 19.9 Å². The van der Waals surface area contributed by atoms with Gasteiger partial charge in [-0.1, -0.05) is 12.1 Å². The first-order valence-electron chi connectivity index (χ1n) is 6.86. The summed E-state index contributed by atoms with van der Waals surface area (Å²) in [6.45, 7) is 4.85. The number of aryl methyl sites for hydroxylation is 2. The molecule has 0 aromatic heterocycles. The SMILES string of the molecule is COc1cc(C)ccc1OCCOc1ccc(C)cc1N. The Kier molecular flexibility index (Phi) is 4.93. The lowest BCUT2D eigenvalue weighted by molar-refractivity contribution is 0.212. The first-order valence-corrected chi connectivity index (χ1v) is 6.86. The van der Waals surface area contributed by atoms with Gasteiger partial charge in [-0.3, -0.25) is 0 Å². The summed E-state index contributed by atoms with van der Waals surface area (Å²) in [5, 5.41) is 0. The standard InChI is InChI=1S/C17H21NO3/c1-12-4-6-15(14(18)10-12)20-8-9-21-16-7-5-13(2)11-17(16)19-3/h4-7,10-11H,8-9,18H2,1-3H3. The van der Waals surface area contributed by atoms with Gasteiger partial charge in [0.15, 0.2) is 11.5 Å². The number of ether oxygens (including phenoxy) is 3. The second-order valence-corrected chi connectivity index (χ2v) is 4.89. The molecule has 2 N–H and O–H groups in total. The van der Waals surface area contributed by atoms with Crippen molar-refractivity contribution in [1.29, 1.82) is 0 Å². The number of benzene rings is 2. The lowest BCUT2D eigenvalue weighted by Gasteiger charge is -2.13. The Morgan fingerprint density at radius 3 is 2.00 bits per heavy atom. The second-order valence-electron chi connectivity index (χ2n) is 4.89. The summed E-state index contributed by atoms with van der Waals surface area (Å²) < 4.78 is 16.6. The van der Waals surface area contributed by atoms with Crippen LogP contribution in [0.3, 0.4) is 0 Å². The minimum atomic E-state index is 0.421. The molecule has 0 amide bonds. The first-order chi connectivity index (χ1) is 10.1. The van der Waals surface area contributed by atoms with Crippen LogP contribution in [-0.4, -0.2) is 20.3 Å². The van der Waals surface area contributed by atoms with Gasteiger partial charge in [-0.15, -0.1) is 0 Å². The van der Waals surface area contributed by atoms with E-state index >= 15 is 0 Å². The molecule has 0 spiro atoms. The van der Waals surface area contributed by atoms with Crippen molar-refractivity contribution in [3.8, 4) is 17.2 Å². The molecule has 2 rings (SSSR count). The molecular formula is C17H21NO3. The highest BCUT2D eigenvalue weighted by Crippen LogP contribution is 2.28. The normalized spacial score (nSPS) is 10.2. The first kappa shape index (κ1) is 15.0. The van der Waals surface area contributed by atoms with Gasteiger partial charge >= 0.3 is 0 Å². The molecule has 0 atom stereocenters. The van der Waals surface area contributed by atoms with Crippen LogP contribution in [0.4, 0.5) is 5.69 Å². The Labute approximate surface area is 125 Å². The van der Waals surface area contributed by atoms with E-state index in [0.717, 1.165) is 16.9 Å². The molecule has 0 unspecified atom stereocenters. The van der Waals surface area contributed by atoms with E-state index in [2.05, 4.69) is 0 Å². The zero-order valence-corrected chi connectivity index (χ0v) is 12.7. The molecule has 0 aliphatic carbocycles. The molecule has 4 nitrogen and oxygen atoms in total. The maximum absolute atomic E-state index is 5.89. The maximum atomic E-state index is 5.89. The smallest absolute Gasteiger partial charge is 0.161 e. The van der Waals surface area contributed by atoms with E-state index in [0.29, 0.717) is 30.4 Å². The average molecular weight is 287 g/mol. The van der Waals surface area contributed by atoms with Crippen molar-refractivity contribution in [3.05, 3.63) is 47.5 Å². The van der Waals surface area contributed by atoms with Crippen LogP contribution in [0.2, 0.25) is 0 Å². The summed E-state index contributed by atoms with van der Waals surface area (Å²) in [6, 6.07) is 11.5. The maximum Gasteiger partial charge on any atom is 0.161 e. The van der Waals surface area contributed by atoms with E-state index in [-0.39, 0.29) is 0 Å². The molecule has 0 aliphatic rings. The third-order valence-corrected chi connectivity index (χ3v) is 3.08. The van der Waals surface area contributed by atoms with Gasteiger partial charge in [0.2, 0.25) is 0 Å². The zero-order valence-electron chi connectivity index (χ0n) is 12.7. The van der Waals surface area contributed by atoms with Crippen molar-refractivity contribution >= 4 is 5.69 Å². The Morgan fingerprint density at radius 1 is 0.810 bits per heavy atom. The Bertz CT molecular complexity index is 611. The van der Waals surface area contributed by atoms with Crippen LogP contribution in [0, 0.1) is 13.8 Å². The van der Waals surface area contributed by atoms with E-state index in [1.807, 2.05) is 50.2 Å². The van der Waals surface area contributed by atoms with Crippen LogP contribution in [0.1, 0.15) is 11.1 Å². The third kappa shape index (κ3) is 4.05. The topological polar surface area (TPSA) is 53.7 Å². The zero-order chi connectivity index (χ0) is 15.2. The molecular weight excluding hydrogens is 266 g/mol. The van der Waals surface area contributed by atoms with Gasteiger partial charge in [0.1, 0.15) is 19.0 Å². The van der Waals surface area contributed by atoms with E-state index in [1.165, 1.54) is 0 Å². The van der Waals surface area contributed by atoms with Crippen LogP contribution in [0.5, 0.6) is 17.2 Å². The molecule has 4 heteroatoms. The summed E-state index contributed by atoms with van der Waals surface area (Å²) in [5.41, 5.74) is 8.77. The Balaban J connectivity index is 1.87. The highest BCUT2D eigenvalue weighted by atomic mass is 16.5. The molecule has 0 bridgehead atoms. The number of methoxy groups -OCH3 is 1. The van der Waals surface area contributed by atoms with Crippen molar-refractivity contribution in [2.45, 2.75) is 13.8 Å². The summed E-state index contributed by atoms with van der Waals surface area (Å²) in [4.78, 5) is 0. The molecule has 0 radical (unpaired) electrons. The van der Waals surface area contributed by atoms with E-state index in [4.69, 9.17) is 19.9 Å². The molecule has 0 fully saturated rings. The van der Waals surface area contributed by atoms with Crippen LogP contribution in [-0.2, 0) is 0 Å². The van der Waals surface area contributed by atoms with Crippen molar-refractivity contribution in [1.82, 2.24) is 0 Å². The molecule has 21 heavy (non-hydrogen) atoms. The van der Waals surface area contributed by atoms with Crippen LogP contribution in [0.25, 0.3) is 0 Å². The number of nitrogens with two attached hydrogens (primary N) is 1. The number of rotatable bonds is 6. The second kappa shape index (κ2) is 6.88. The molecule has 0 saturated carbocycles. The van der Waals surface area contributed by atoms with Crippen LogP contribution in [0.15, 0.2) is 36.4 Å². The minimum absolute atomic E-state index is 0.421. The quantitative estimate of drug-likeness (QED) is 0.654.